The van der Waals surface area contributed by atoms with Crippen molar-refractivity contribution >= 4 is 94.6 Å². The van der Waals surface area contributed by atoms with Crippen molar-refractivity contribution in [3.05, 3.63) is 0 Å². The Morgan fingerprint density at radius 2 is 1.43 bits per heavy atom. The molecule has 0 bridgehead atoms. The standard InChI is InChI=1S/C4H8O3.C2H8N2.3Na/c5-3-1-2-4(6)7;3-1-2-4;;;/h5H,1-3H2,(H,6,7);1-4H2;;;. The zero-order valence-corrected chi connectivity index (χ0v) is 15.5. The minimum Gasteiger partial charge on any atom is -0.481 e. The summed E-state index contributed by atoms with van der Waals surface area (Å²) in [5.41, 5.74) is 9.81. The number of carboxylic acids is 1. The van der Waals surface area contributed by atoms with Gasteiger partial charge in [-0.05, 0) is 6.42 Å². The SMILES string of the molecule is NCCN.O=C(O)CCCO.[Na].[Na].[Na]. The molecule has 0 aliphatic heterocycles. The Morgan fingerprint density at radius 1 is 1.07 bits per heavy atom. The molecule has 0 fully saturated rings. The fraction of sp³-hybridized carbons (Fsp3) is 0.833. The summed E-state index contributed by atoms with van der Waals surface area (Å²) in [6.07, 6.45) is 0.422. The van der Waals surface area contributed by atoms with Crippen molar-refractivity contribution in [3.8, 4) is 0 Å². The van der Waals surface area contributed by atoms with E-state index >= 15 is 0 Å². The number of nitrogens with two attached hydrogens (primary N) is 2. The largest absolute Gasteiger partial charge is 0.481 e. The van der Waals surface area contributed by atoms with Crippen LogP contribution in [0.4, 0.5) is 0 Å². The van der Waals surface area contributed by atoms with Gasteiger partial charge >= 0.3 is 5.97 Å². The van der Waals surface area contributed by atoms with Crippen molar-refractivity contribution in [1.29, 1.82) is 0 Å². The van der Waals surface area contributed by atoms with Crippen LogP contribution in [-0.4, -0.2) is 125 Å². The van der Waals surface area contributed by atoms with E-state index in [0.29, 0.717) is 19.5 Å². The summed E-state index contributed by atoms with van der Waals surface area (Å²) in [6, 6.07) is 0. The molecule has 5 nitrogen and oxygen atoms in total. The molecular formula is C6H16N2Na3O3. The van der Waals surface area contributed by atoms with Gasteiger partial charge in [-0.1, -0.05) is 0 Å². The van der Waals surface area contributed by atoms with Gasteiger partial charge in [-0.2, -0.15) is 0 Å². The van der Waals surface area contributed by atoms with Gasteiger partial charge in [0.15, 0.2) is 0 Å². The maximum atomic E-state index is 9.65. The fourth-order valence-electron chi connectivity index (χ4n) is 0.230. The molecule has 14 heavy (non-hydrogen) atoms. The molecule has 0 amide bonds. The smallest absolute Gasteiger partial charge is 0.303 e. The van der Waals surface area contributed by atoms with Gasteiger partial charge in [0.25, 0.3) is 0 Å². The summed E-state index contributed by atoms with van der Waals surface area (Å²) >= 11 is 0. The Kier molecular flexibility index (Phi) is 63.0. The molecule has 0 aromatic rings. The van der Waals surface area contributed by atoms with E-state index in [1.165, 1.54) is 0 Å². The van der Waals surface area contributed by atoms with Gasteiger partial charge in [-0.15, -0.1) is 0 Å². The van der Waals surface area contributed by atoms with Gasteiger partial charge < -0.3 is 21.7 Å². The predicted molar refractivity (Wildman–Crippen MR) is 59.3 cm³/mol. The van der Waals surface area contributed by atoms with E-state index in [2.05, 4.69) is 0 Å². The van der Waals surface area contributed by atoms with Crippen LogP contribution in [0.3, 0.4) is 0 Å². The average molecular weight is 233 g/mol. The first-order chi connectivity index (χ1) is 5.18. The summed E-state index contributed by atoms with van der Waals surface area (Å²) in [6.45, 7) is 1.16. The average Bonchev–Trinajstić information content (AvgIpc) is 2.01. The molecule has 0 atom stereocenters. The zero-order chi connectivity index (χ0) is 9.11. The molecule has 3 radical (unpaired) electrons. The van der Waals surface area contributed by atoms with Crippen LogP contribution < -0.4 is 11.5 Å². The third-order valence-electron chi connectivity index (χ3n) is 0.715. The van der Waals surface area contributed by atoms with Crippen LogP contribution >= 0.6 is 0 Å². The van der Waals surface area contributed by atoms with Crippen LogP contribution in [0.1, 0.15) is 12.8 Å². The van der Waals surface area contributed by atoms with E-state index in [0.717, 1.165) is 0 Å². The molecule has 0 heterocycles. The Hall–Kier alpha value is 2.35. The second-order valence-electron chi connectivity index (χ2n) is 1.80. The zero-order valence-electron chi connectivity index (χ0n) is 9.49. The number of carboxylic acid groups (broad SMARTS) is 1. The second-order valence-corrected chi connectivity index (χ2v) is 1.80. The third-order valence-corrected chi connectivity index (χ3v) is 0.715. The first-order valence-electron chi connectivity index (χ1n) is 3.41. The first-order valence-corrected chi connectivity index (χ1v) is 3.41. The van der Waals surface area contributed by atoms with Gasteiger partial charge in [0.1, 0.15) is 0 Å². The summed E-state index contributed by atoms with van der Waals surface area (Å²) in [4.78, 5) is 9.65. The van der Waals surface area contributed by atoms with Gasteiger partial charge in [0, 0.05) is 115 Å². The molecule has 0 unspecified atom stereocenters. The molecule has 6 N–H and O–H groups in total. The Morgan fingerprint density at radius 3 is 1.50 bits per heavy atom. The number of rotatable bonds is 4. The van der Waals surface area contributed by atoms with Crippen molar-refractivity contribution in [2.24, 2.45) is 11.5 Å². The molecule has 0 aliphatic rings. The normalized spacial score (nSPS) is 6.50. The molecule has 0 rings (SSSR count). The monoisotopic (exact) mass is 233 g/mol. The van der Waals surface area contributed by atoms with Gasteiger partial charge in [-0.25, -0.2) is 0 Å². The van der Waals surface area contributed by atoms with Crippen molar-refractivity contribution < 1.29 is 15.0 Å². The van der Waals surface area contributed by atoms with E-state index < -0.39 is 5.97 Å². The Labute approximate surface area is 151 Å². The van der Waals surface area contributed by atoms with Crippen LogP contribution in [0.5, 0.6) is 0 Å². The summed E-state index contributed by atoms with van der Waals surface area (Å²) in [5, 5.41) is 16.0. The number of aliphatic hydroxyl groups is 1. The molecule has 0 aromatic heterocycles. The molecule has 71 valence electrons. The van der Waals surface area contributed by atoms with Gasteiger partial charge in [-0.3, -0.25) is 4.79 Å². The van der Waals surface area contributed by atoms with E-state index in [4.69, 9.17) is 21.7 Å². The molecule has 8 heteroatoms. The number of carbonyl (C=O) groups is 1. The number of hydrogen-bond donors (Lipinski definition) is 4. The maximum Gasteiger partial charge on any atom is 0.303 e. The second kappa shape index (κ2) is 29.5. The minimum absolute atomic E-state index is 0. The van der Waals surface area contributed by atoms with E-state index in [9.17, 15) is 4.79 Å². The molecule has 0 aliphatic carbocycles. The van der Waals surface area contributed by atoms with Crippen molar-refractivity contribution in [2.75, 3.05) is 19.7 Å². The summed E-state index contributed by atoms with van der Waals surface area (Å²) in [5.74, 6) is -0.853. The minimum atomic E-state index is -0.853. The molecule has 0 aromatic carbocycles. The third kappa shape index (κ3) is 47.3. The summed E-state index contributed by atoms with van der Waals surface area (Å²) < 4.78 is 0. The topological polar surface area (TPSA) is 110 Å². The van der Waals surface area contributed by atoms with Gasteiger partial charge in [0.2, 0.25) is 0 Å². The maximum absolute atomic E-state index is 9.65. The molecule has 0 saturated heterocycles. The van der Waals surface area contributed by atoms with E-state index in [-0.39, 0.29) is 102 Å². The number of aliphatic hydroxyl groups excluding tert-OH is 1. The number of hydrogen-bond acceptors (Lipinski definition) is 4. The Balaban J connectivity index is -0.0000000347. The van der Waals surface area contributed by atoms with E-state index in [1.807, 2.05) is 0 Å². The first kappa shape index (κ1) is 29.9. The number of aliphatic carboxylic acids is 1. The predicted octanol–water partition coefficient (Wildman–Crippen LogP) is -2.40. The molecule has 0 saturated carbocycles. The summed E-state index contributed by atoms with van der Waals surface area (Å²) in [7, 11) is 0. The van der Waals surface area contributed by atoms with Crippen molar-refractivity contribution in [2.45, 2.75) is 12.8 Å². The van der Waals surface area contributed by atoms with Crippen LogP contribution in [0.25, 0.3) is 0 Å². The van der Waals surface area contributed by atoms with Crippen molar-refractivity contribution in [3.63, 3.8) is 0 Å². The fourth-order valence-corrected chi connectivity index (χ4v) is 0.230. The van der Waals surface area contributed by atoms with Crippen LogP contribution in [0.15, 0.2) is 0 Å². The van der Waals surface area contributed by atoms with Gasteiger partial charge in [0.05, 0.1) is 0 Å². The van der Waals surface area contributed by atoms with E-state index in [1.54, 1.807) is 0 Å². The van der Waals surface area contributed by atoms with Crippen molar-refractivity contribution in [1.82, 2.24) is 0 Å². The van der Waals surface area contributed by atoms with Crippen LogP contribution in [-0.2, 0) is 4.79 Å². The Bertz CT molecular complexity index is 96.4. The van der Waals surface area contributed by atoms with Crippen LogP contribution in [0, 0.1) is 0 Å². The van der Waals surface area contributed by atoms with Crippen LogP contribution in [0.2, 0.25) is 0 Å². The quantitative estimate of drug-likeness (QED) is 0.405. The molecular weight excluding hydrogens is 217 g/mol. The molecule has 0 spiro atoms.